The van der Waals surface area contributed by atoms with Gasteiger partial charge in [-0.05, 0) is 23.9 Å². The summed E-state index contributed by atoms with van der Waals surface area (Å²) in [4.78, 5) is 12.9. The summed E-state index contributed by atoms with van der Waals surface area (Å²) in [6, 6.07) is 10.6. The molecule has 0 saturated heterocycles. The predicted molar refractivity (Wildman–Crippen MR) is 136 cm³/mol. The van der Waals surface area contributed by atoms with E-state index in [0.717, 1.165) is 42.3 Å². The number of nitrogens with one attached hydrogen (secondary N) is 3. The van der Waals surface area contributed by atoms with Gasteiger partial charge in [0.1, 0.15) is 12.1 Å². The van der Waals surface area contributed by atoms with Gasteiger partial charge >= 0.3 is 0 Å². The molecule has 0 saturated carbocycles. The van der Waals surface area contributed by atoms with Crippen molar-refractivity contribution in [2.24, 2.45) is 12.0 Å². The molecule has 0 unspecified atom stereocenters. The number of aryl methyl sites for hydroxylation is 2. The summed E-state index contributed by atoms with van der Waals surface area (Å²) in [5.41, 5.74) is 2.09. The van der Waals surface area contributed by atoms with Crippen molar-refractivity contribution in [3.63, 3.8) is 0 Å². The zero-order chi connectivity index (χ0) is 20.8. The molecule has 3 N–H and O–H groups in total. The summed E-state index contributed by atoms with van der Waals surface area (Å²) in [5.74, 6) is 1.58. The molecule has 4 rings (SSSR count). The number of rotatable bonds is 8. The van der Waals surface area contributed by atoms with Crippen LogP contribution in [0.5, 0.6) is 0 Å². The first-order chi connectivity index (χ1) is 14.8. The van der Waals surface area contributed by atoms with E-state index in [1.54, 1.807) is 24.3 Å². The van der Waals surface area contributed by atoms with Gasteiger partial charge in [0.15, 0.2) is 11.6 Å². The second-order valence-corrected chi connectivity index (χ2v) is 7.00. The zero-order valence-electron chi connectivity index (χ0n) is 17.7. The molecule has 0 spiro atoms. The maximum absolute atomic E-state index is 4.31. The van der Waals surface area contributed by atoms with Crippen LogP contribution in [0.25, 0.3) is 21.9 Å². The van der Waals surface area contributed by atoms with Gasteiger partial charge in [-0.1, -0.05) is 18.2 Å². The number of halogens is 1. The number of hydrogen-bond donors (Lipinski definition) is 3. The van der Waals surface area contributed by atoms with Gasteiger partial charge in [-0.2, -0.15) is 5.10 Å². The van der Waals surface area contributed by atoms with E-state index in [4.69, 9.17) is 0 Å². The highest BCUT2D eigenvalue weighted by molar-refractivity contribution is 14.0. The Morgan fingerprint density at radius 3 is 2.77 bits per heavy atom. The highest BCUT2D eigenvalue weighted by Crippen LogP contribution is 2.17. The number of fused-ring (bicyclic) bond motifs is 2. The number of benzene rings is 1. The van der Waals surface area contributed by atoms with Crippen LogP contribution < -0.4 is 16.0 Å². The van der Waals surface area contributed by atoms with E-state index in [0.29, 0.717) is 13.1 Å². The molecule has 10 heteroatoms. The van der Waals surface area contributed by atoms with E-state index >= 15 is 0 Å². The van der Waals surface area contributed by atoms with Gasteiger partial charge in [0.05, 0.1) is 11.6 Å². The van der Waals surface area contributed by atoms with Crippen molar-refractivity contribution >= 4 is 57.7 Å². The summed E-state index contributed by atoms with van der Waals surface area (Å²) in [6.45, 7) is 3.24. The second kappa shape index (κ2) is 10.9. The van der Waals surface area contributed by atoms with Crippen LogP contribution in [-0.2, 0) is 13.6 Å². The number of hydrogen-bond acceptors (Lipinski definition) is 5. The molecule has 3 aromatic heterocycles. The van der Waals surface area contributed by atoms with E-state index < -0.39 is 0 Å². The van der Waals surface area contributed by atoms with Crippen LogP contribution in [0, 0.1) is 0 Å². The van der Waals surface area contributed by atoms with Crippen LogP contribution >= 0.6 is 24.0 Å². The third-order valence-corrected chi connectivity index (χ3v) is 5.01. The van der Waals surface area contributed by atoms with Crippen molar-refractivity contribution < 1.29 is 0 Å². The molecule has 164 valence electrons. The largest absolute Gasteiger partial charge is 0.368 e. The van der Waals surface area contributed by atoms with Crippen LogP contribution in [0.15, 0.2) is 54.0 Å². The maximum atomic E-state index is 4.31. The first-order valence-electron chi connectivity index (χ1n) is 10.1. The molecule has 0 fully saturated rings. The van der Waals surface area contributed by atoms with Gasteiger partial charge in [0.2, 0.25) is 0 Å². The van der Waals surface area contributed by atoms with Crippen molar-refractivity contribution in [1.29, 1.82) is 0 Å². The van der Waals surface area contributed by atoms with Gasteiger partial charge in [-0.3, -0.25) is 9.67 Å². The molecule has 0 bridgehead atoms. The summed E-state index contributed by atoms with van der Waals surface area (Å²) in [6.07, 6.45) is 6.49. The summed E-state index contributed by atoms with van der Waals surface area (Å²) in [5, 5.41) is 16.4. The number of anilines is 1. The lowest BCUT2D eigenvalue weighted by molar-refractivity contribution is 0.641. The number of nitrogens with zero attached hydrogens (tertiary/aromatic N) is 6. The lowest BCUT2D eigenvalue weighted by Gasteiger charge is -2.13. The van der Waals surface area contributed by atoms with Crippen LogP contribution in [0.3, 0.4) is 0 Å². The van der Waals surface area contributed by atoms with Gasteiger partial charge < -0.3 is 20.5 Å². The van der Waals surface area contributed by atoms with Crippen molar-refractivity contribution in [2.75, 3.05) is 32.0 Å². The number of aliphatic imine (C=N–C) groups is 1. The van der Waals surface area contributed by atoms with Gasteiger partial charge in [0, 0.05) is 52.0 Å². The molecule has 1 aromatic carbocycles. The molecular formula is C21H28IN9. The average molecular weight is 533 g/mol. The lowest BCUT2D eigenvalue weighted by Crippen LogP contribution is -2.40. The Labute approximate surface area is 198 Å². The van der Waals surface area contributed by atoms with E-state index in [2.05, 4.69) is 77.1 Å². The Balaban J connectivity index is 0.00000272. The smallest absolute Gasteiger partial charge is 0.191 e. The normalized spacial score (nSPS) is 11.5. The standard InChI is InChI=1S/C21H27N9.HI/c1-22-21(24-9-5-12-30-13-8-16-6-3-4-7-18(16)30)25-11-10-23-19-17-14-28-29(2)20(17)27-15-26-19;/h3-4,6-8,13-15H,5,9-12H2,1-2H3,(H2,22,24,25)(H,23,26,27);1H. The molecular weight excluding hydrogens is 505 g/mol. The monoisotopic (exact) mass is 533 g/mol. The molecule has 0 radical (unpaired) electrons. The molecule has 0 aliphatic rings. The third kappa shape index (κ3) is 5.43. The summed E-state index contributed by atoms with van der Waals surface area (Å²) >= 11 is 0. The minimum absolute atomic E-state index is 0. The minimum atomic E-state index is 0. The van der Waals surface area contributed by atoms with Crippen LogP contribution in [0.4, 0.5) is 5.82 Å². The van der Waals surface area contributed by atoms with E-state index in [-0.39, 0.29) is 24.0 Å². The zero-order valence-corrected chi connectivity index (χ0v) is 20.1. The minimum Gasteiger partial charge on any atom is -0.368 e. The first-order valence-corrected chi connectivity index (χ1v) is 10.1. The van der Waals surface area contributed by atoms with Crippen LogP contribution in [-0.4, -0.2) is 57.0 Å². The Morgan fingerprint density at radius 2 is 1.90 bits per heavy atom. The van der Waals surface area contributed by atoms with Gasteiger partial charge in [-0.25, -0.2) is 9.97 Å². The Morgan fingerprint density at radius 1 is 1.06 bits per heavy atom. The van der Waals surface area contributed by atoms with Crippen molar-refractivity contribution in [2.45, 2.75) is 13.0 Å². The number of guanidine groups is 1. The number of para-hydroxylation sites is 1. The van der Waals surface area contributed by atoms with Crippen molar-refractivity contribution in [3.8, 4) is 0 Å². The molecule has 31 heavy (non-hydrogen) atoms. The van der Waals surface area contributed by atoms with Crippen molar-refractivity contribution in [1.82, 2.24) is 34.9 Å². The molecule has 4 aromatic rings. The van der Waals surface area contributed by atoms with Crippen LogP contribution in [0.2, 0.25) is 0 Å². The highest BCUT2D eigenvalue weighted by atomic mass is 127. The van der Waals surface area contributed by atoms with Crippen molar-refractivity contribution in [3.05, 3.63) is 49.1 Å². The Kier molecular flexibility index (Phi) is 8.04. The van der Waals surface area contributed by atoms with Gasteiger partial charge in [-0.15, -0.1) is 24.0 Å². The predicted octanol–water partition coefficient (Wildman–Crippen LogP) is 2.60. The Bertz CT molecular complexity index is 1150. The Hall–Kier alpha value is -2.89. The molecule has 0 atom stereocenters. The number of aromatic nitrogens is 5. The molecule has 0 amide bonds. The molecule has 0 aliphatic carbocycles. The fourth-order valence-electron chi connectivity index (χ4n) is 3.48. The average Bonchev–Trinajstić information content (AvgIpc) is 3.37. The second-order valence-electron chi connectivity index (χ2n) is 7.00. The van der Waals surface area contributed by atoms with E-state index in [1.807, 2.05) is 7.05 Å². The fraction of sp³-hybridized carbons (Fsp3) is 0.333. The highest BCUT2D eigenvalue weighted by Gasteiger charge is 2.07. The molecule has 9 nitrogen and oxygen atoms in total. The van der Waals surface area contributed by atoms with Gasteiger partial charge in [0.25, 0.3) is 0 Å². The third-order valence-electron chi connectivity index (χ3n) is 5.01. The topological polar surface area (TPSA) is 97.0 Å². The fourth-order valence-corrected chi connectivity index (χ4v) is 3.48. The lowest BCUT2D eigenvalue weighted by atomic mass is 10.2. The quantitative estimate of drug-likeness (QED) is 0.140. The SMILES string of the molecule is CN=C(NCCCn1ccc2ccccc21)NCCNc1ncnc2c1cnn2C.I. The maximum Gasteiger partial charge on any atom is 0.191 e. The first kappa shape index (κ1) is 22.8. The summed E-state index contributed by atoms with van der Waals surface area (Å²) in [7, 11) is 3.65. The van der Waals surface area contributed by atoms with Crippen LogP contribution in [0.1, 0.15) is 6.42 Å². The van der Waals surface area contributed by atoms with E-state index in [1.165, 1.54) is 10.9 Å². The summed E-state index contributed by atoms with van der Waals surface area (Å²) < 4.78 is 4.03. The molecule has 3 heterocycles. The van der Waals surface area contributed by atoms with E-state index in [9.17, 15) is 0 Å². The molecule has 0 aliphatic heterocycles.